The van der Waals surface area contributed by atoms with E-state index in [9.17, 15) is 9.59 Å². The van der Waals surface area contributed by atoms with Crippen molar-refractivity contribution in [2.75, 3.05) is 5.73 Å². The van der Waals surface area contributed by atoms with E-state index in [1.807, 2.05) is 30.3 Å². The van der Waals surface area contributed by atoms with Gasteiger partial charge < -0.3 is 5.73 Å². The van der Waals surface area contributed by atoms with E-state index in [-0.39, 0.29) is 16.9 Å². The quantitative estimate of drug-likeness (QED) is 0.561. The Hall–Kier alpha value is -2.46. The van der Waals surface area contributed by atoms with Gasteiger partial charge >= 0.3 is 0 Å². The summed E-state index contributed by atoms with van der Waals surface area (Å²) in [4.78, 5) is 24.8. The van der Waals surface area contributed by atoms with Crippen molar-refractivity contribution >= 4 is 32.9 Å². The van der Waals surface area contributed by atoms with Crippen LogP contribution in [-0.4, -0.2) is 5.78 Å². The number of hydrogen-bond acceptors (Lipinski definition) is 4. The van der Waals surface area contributed by atoms with Crippen molar-refractivity contribution in [2.45, 2.75) is 25.7 Å². The summed E-state index contributed by atoms with van der Waals surface area (Å²) in [6, 6.07) is 15.0. The molecule has 2 aromatic carbocycles. The number of anilines is 1. The van der Waals surface area contributed by atoms with E-state index < -0.39 is 0 Å². The first-order valence-electron chi connectivity index (χ1n) is 8.46. The highest BCUT2D eigenvalue weighted by atomic mass is 32.1. The Balaban J connectivity index is 1.68. The molecule has 1 aliphatic rings. The van der Waals surface area contributed by atoms with Crippen LogP contribution in [0.15, 0.2) is 53.3 Å². The second-order valence-corrected chi connectivity index (χ2v) is 7.94. The molecule has 2 unspecified atom stereocenters. The van der Waals surface area contributed by atoms with Gasteiger partial charge in [-0.1, -0.05) is 36.5 Å². The molecule has 25 heavy (non-hydrogen) atoms. The van der Waals surface area contributed by atoms with Crippen molar-refractivity contribution < 1.29 is 4.79 Å². The van der Waals surface area contributed by atoms with Gasteiger partial charge in [0.05, 0.1) is 0 Å². The van der Waals surface area contributed by atoms with Crippen molar-refractivity contribution in [3.05, 3.63) is 74.8 Å². The maximum Gasteiger partial charge on any atom is 0.233 e. The Bertz CT molecular complexity index is 1040. The van der Waals surface area contributed by atoms with Crippen LogP contribution < -0.4 is 10.5 Å². The first-order chi connectivity index (χ1) is 12.0. The Morgan fingerprint density at radius 2 is 2.00 bits per heavy atom. The summed E-state index contributed by atoms with van der Waals surface area (Å²) in [7, 11) is 0. The number of nitrogens with two attached hydrogens (primary N) is 1. The van der Waals surface area contributed by atoms with Gasteiger partial charge in [0.2, 0.25) is 4.74 Å². The number of nitrogen functional groups attached to an aromatic ring is 1. The number of carbonyl (C=O) groups is 1. The smallest absolute Gasteiger partial charge is 0.233 e. The average Bonchev–Trinajstić information content (AvgIpc) is 3.32. The van der Waals surface area contributed by atoms with Crippen molar-refractivity contribution in [1.82, 2.24) is 0 Å². The predicted molar refractivity (Wildman–Crippen MR) is 104 cm³/mol. The fraction of sp³-hybridized carbons (Fsp3) is 0.238. The van der Waals surface area contributed by atoms with E-state index in [4.69, 9.17) is 5.73 Å². The van der Waals surface area contributed by atoms with Gasteiger partial charge in [0.15, 0.2) is 5.78 Å². The van der Waals surface area contributed by atoms with Crippen molar-refractivity contribution in [1.29, 1.82) is 0 Å². The Morgan fingerprint density at radius 1 is 1.20 bits per heavy atom. The highest BCUT2D eigenvalue weighted by Gasteiger charge is 2.34. The van der Waals surface area contributed by atoms with Gasteiger partial charge in [0, 0.05) is 28.4 Å². The van der Waals surface area contributed by atoms with E-state index in [1.54, 1.807) is 12.1 Å². The van der Waals surface area contributed by atoms with Gasteiger partial charge in [-0.15, -0.1) is 0 Å². The molecule has 4 heteroatoms. The third kappa shape index (κ3) is 3.22. The number of benzene rings is 2. The van der Waals surface area contributed by atoms with E-state index in [0.717, 1.165) is 15.6 Å². The van der Waals surface area contributed by atoms with Crippen LogP contribution in [0.1, 0.15) is 40.7 Å². The lowest BCUT2D eigenvalue weighted by Crippen LogP contribution is -2.07. The SMILES string of the molecule is CC1CC1c1cccc(C(=O)Cc2cc(=O)sc3ccc(N)cc23)c1. The summed E-state index contributed by atoms with van der Waals surface area (Å²) in [6.07, 6.45) is 1.41. The lowest BCUT2D eigenvalue weighted by Gasteiger charge is -2.07. The third-order valence-corrected chi connectivity index (χ3v) is 5.84. The van der Waals surface area contributed by atoms with Gasteiger partial charge in [-0.2, -0.15) is 0 Å². The molecule has 2 atom stereocenters. The zero-order chi connectivity index (χ0) is 17.6. The molecule has 1 fully saturated rings. The fourth-order valence-corrected chi connectivity index (χ4v) is 4.25. The summed E-state index contributed by atoms with van der Waals surface area (Å²) >= 11 is 1.18. The Morgan fingerprint density at radius 3 is 2.76 bits per heavy atom. The standard InChI is InChI=1S/C21H19NO2S/c1-12-7-17(12)13-3-2-4-14(8-13)19(23)9-15-10-21(24)25-20-6-5-16(22)11-18(15)20/h2-6,8,10-12,17H,7,9,22H2,1H3. The van der Waals surface area contributed by atoms with Crippen LogP contribution >= 0.6 is 11.3 Å². The molecule has 0 bridgehead atoms. The van der Waals surface area contributed by atoms with E-state index in [0.29, 0.717) is 23.1 Å². The number of fused-ring (bicyclic) bond motifs is 1. The average molecular weight is 349 g/mol. The Kier molecular flexibility index (Phi) is 3.92. The maximum atomic E-state index is 12.8. The molecule has 1 aliphatic carbocycles. The van der Waals surface area contributed by atoms with Crippen LogP contribution in [0.2, 0.25) is 0 Å². The molecular weight excluding hydrogens is 330 g/mol. The monoisotopic (exact) mass is 349 g/mol. The van der Waals surface area contributed by atoms with Crippen molar-refractivity contribution in [2.24, 2.45) is 5.92 Å². The zero-order valence-corrected chi connectivity index (χ0v) is 14.8. The van der Waals surface area contributed by atoms with Gasteiger partial charge in [0.25, 0.3) is 0 Å². The number of hydrogen-bond donors (Lipinski definition) is 1. The minimum atomic E-state index is -0.0411. The minimum Gasteiger partial charge on any atom is -0.399 e. The topological polar surface area (TPSA) is 60.2 Å². The molecule has 2 N–H and O–H groups in total. The molecule has 4 rings (SSSR count). The van der Waals surface area contributed by atoms with E-state index >= 15 is 0 Å². The zero-order valence-electron chi connectivity index (χ0n) is 14.0. The second kappa shape index (κ2) is 6.12. The number of rotatable bonds is 4. The number of Topliss-reactive ketones (excluding diaryl/α,β-unsaturated/α-hetero) is 1. The summed E-state index contributed by atoms with van der Waals surface area (Å²) in [5.41, 5.74) is 9.23. The molecule has 0 saturated heterocycles. The lowest BCUT2D eigenvalue weighted by molar-refractivity contribution is 0.0993. The third-order valence-electron chi connectivity index (χ3n) is 4.95. The van der Waals surface area contributed by atoms with Gasteiger partial charge in [0.1, 0.15) is 0 Å². The maximum absolute atomic E-state index is 12.8. The van der Waals surface area contributed by atoms with Crippen LogP contribution in [0.25, 0.3) is 10.1 Å². The fourth-order valence-electron chi connectivity index (χ4n) is 3.40. The Labute approximate surface area is 150 Å². The molecule has 126 valence electrons. The molecule has 3 nitrogen and oxygen atoms in total. The summed E-state index contributed by atoms with van der Waals surface area (Å²) in [5.74, 6) is 1.32. The summed E-state index contributed by atoms with van der Waals surface area (Å²) in [5, 5.41) is 0.893. The molecule has 1 heterocycles. The van der Waals surface area contributed by atoms with Gasteiger partial charge in [-0.3, -0.25) is 9.59 Å². The molecule has 1 aromatic heterocycles. The highest BCUT2D eigenvalue weighted by molar-refractivity contribution is 7.16. The molecular formula is C21H19NO2S. The highest BCUT2D eigenvalue weighted by Crippen LogP contribution is 2.46. The van der Waals surface area contributed by atoms with Gasteiger partial charge in [-0.25, -0.2) is 0 Å². The molecule has 1 saturated carbocycles. The van der Waals surface area contributed by atoms with Crippen LogP contribution in [0.4, 0.5) is 5.69 Å². The lowest BCUT2D eigenvalue weighted by atomic mass is 9.98. The van der Waals surface area contributed by atoms with E-state index in [2.05, 4.69) is 13.0 Å². The van der Waals surface area contributed by atoms with Crippen LogP contribution in [-0.2, 0) is 6.42 Å². The number of carbonyl (C=O) groups excluding carboxylic acids is 1. The summed E-state index contributed by atoms with van der Waals surface area (Å²) in [6.45, 7) is 2.23. The van der Waals surface area contributed by atoms with Gasteiger partial charge in [-0.05, 0) is 59.0 Å². The molecule has 3 aromatic rings. The molecule has 0 aliphatic heterocycles. The van der Waals surface area contributed by atoms with Crippen molar-refractivity contribution in [3.63, 3.8) is 0 Å². The van der Waals surface area contributed by atoms with Crippen LogP contribution in [0.5, 0.6) is 0 Å². The minimum absolute atomic E-state index is 0.0366. The first kappa shape index (κ1) is 16.0. The predicted octanol–water partition coefficient (Wildman–Crippen LogP) is 4.39. The van der Waals surface area contributed by atoms with Crippen molar-refractivity contribution in [3.8, 4) is 0 Å². The molecule has 0 radical (unpaired) electrons. The van der Waals surface area contributed by atoms with E-state index in [1.165, 1.54) is 23.3 Å². The largest absolute Gasteiger partial charge is 0.399 e. The normalized spacial score (nSPS) is 19.1. The number of ketones is 1. The van der Waals surface area contributed by atoms with Crippen LogP contribution in [0.3, 0.4) is 0 Å². The molecule has 0 amide bonds. The molecule has 0 spiro atoms. The second-order valence-electron chi connectivity index (χ2n) is 6.89. The van der Waals surface area contributed by atoms with Crippen LogP contribution in [0, 0.1) is 5.92 Å². The summed E-state index contributed by atoms with van der Waals surface area (Å²) < 4.78 is 0.825. The first-order valence-corrected chi connectivity index (χ1v) is 9.28.